The fourth-order valence-electron chi connectivity index (χ4n) is 2.73. The summed E-state index contributed by atoms with van der Waals surface area (Å²) in [6.45, 7) is 3.76. The van der Waals surface area contributed by atoms with Gasteiger partial charge >= 0.3 is 0 Å². The molecule has 1 saturated carbocycles. The molecule has 0 unspecified atom stereocenters. The Balaban J connectivity index is 1.74. The van der Waals surface area contributed by atoms with E-state index in [1.165, 1.54) is 7.11 Å². The first-order chi connectivity index (χ1) is 12.8. The molecule has 2 aromatic rings. The summed E-state index contributed by atoms with van der Waals surface area (Å²) in [5, 5.41) is 2.93. The van der Waals surface area contributed by atoms with Gasteiger partial charge in [0.25, 0.3) is 10.0 Å². The van der Waals surface area contributed by atoms with E-state index in [1.807, 2.05) is 13.8 Å². The van der Waals surface area contributed by atoms with Gasteiger partial charge in [-0.15, -0.1) is 0 Å². The van der Waals surface area contributed by atoms with Crippen LogP contribution in [0.15, 0.2) is 41.3 Å². The molecule has 144 valence electrons. The van der Waals surface area contributed by atoms with Crippen molar-refractivity contribution in [1.82, 2.24) is 5.32 Å². The summed E-state index contributed by atoms with van der Waals surface area (Å²) in [5.74, 6) is 0.296. The number of hydrogen-bond donors (Lipinski definition) is 2. The summed E-state index contributed by atoms with van der Waals surface area (Å²) < 4.78 is 33.4. The summed E-state index contributed by atoms with van der Waals surface area (Å²) in [6.07, 6.45) is 2.39. The molecule has 0 bridgehead atoms. The van der Waals surface area contributed by atoms with Crippen LogP contribution in [-0.4, -0.2) is 27.5 Å². The maximum Gasteiger partial charge on any atom is 0.265 e. The minimum atomic E-state index is -3.79. The van der Waals surface area contributed by atoms with Crippen LogP contribution >= 0.6 is 0 Å². The lowest BCUT2D eigenvalue weighted by Crippen LogP contribution is -2.26. The van der Waals surface area contributed by atoms with Crippen molar-refractivity contribution in [3.63, 3.8) is 0 Å². The minimum Gasteiger partial charge on any atom is -0.495 e. The average molecular weight is 388 g/mol. The van der Waals surface area contributed by atoms with Crippen LogP contribution in [0.2, 0.25) is 0 Å². The van der Waals surface area contributed by atoms with Crippen molar-refractivity contribution in [1.29, 1.82) is 0 Å². The van der Waals surface area contributed by atoms with Crippen molar-refractivity contribution >= 4 is 21.6 Å². The van der Waals surface area contributed by atoms with E-state index < -0.39 is 10.0 Å². The molecule has 3 rings (SSSR count). The van der Waals surface area contributed by atoms with Crippen LogP contribution in [0, 0.1) is 13.8 Å². The van der Waals surface area contributed by atoms with E-state index in [1.54, 1.807) is 36.4 Å². The predicted octanol–water partition coefficient (Wildman–Crippen LogP) is 2.93. The summed E-state index contributed by atoms with van der Waals surface area (Å²) in [5.41, 5.74) is 3.09. The van der Waals surface area contributed by atoms with E-state index in [0.717, 1.165) is 29.5 Å². The van der Waals surface area contributed by atoms with Gasteiger partial charge in [-0.1, -0.05) is 12.1 Å². The van der Waals surface area contributed by atoms with Crippen molar-refractivity contribution in [3.8, 4) is 5.75 Å². The van der Waals surface area contributed by atoms with Crippen LogP contribution in [0.4, 0.5) is 5.69 Å². The number of carbonyl (C=O) groups is 1. The zero-order chi connectivity index (χ0) is 19.6. The molecule has 1 aliphatic carbocycles. The number of rotatable bonds is 7. The van der Waals surface area contributed by atoms with Gasteiger partial charge in [-0.05, 0) is 67.6 Å². The van der Waals surface area contributed by atoms with Crippen LogP contribution < -0.4 is 14.8 Å². The molecule has 0 heterocycles. The largest absolute Gasteiger partial charge is 0.495 e. The summed E-state index contributed by atoms with van der Waals surface area (Å²) in [7, 11) is -2.34. The number of sulfonamides is 1. The first kappa shape index (κ1) is 19.2. The van der Waals surface area contributed by atoms with Gasteiger partial charge in [-0.3, -0.25) is 9.52 Å². The molecule has 0 radical (unpaired) electrons. The van der Waals surface area contributed by atoms with Gasteiger partial charge in [0.2, 0.25) is 5.91 Å². The number of hydrogen-bond acceptors (Lipinski definition) is 4. The second-order valence-electron chi connectivity index (χ2n) is 6.91. The van der Waals surface area contributed by atoms with Crippen molar-refractivity contribution in [2.45, 2.75) is 44.0 Å². The monoisotopic (exact) mass is 388 g/mol. The molecule has 0 spiro atoms. The fraction of sp³-hybridized carbons (Fsp3) is 0.350. The Morgan fingerprint density at radius 1 is 1.11 bits per heavy atom. The molecule has 2 aromatic carbocycles. The molecule has 1 aliphatic rings. The maximum atomic E-state index is 12.8. The minimum absolute atomic E-state index is 0.00861. The number of methoxy groups -OCH3 is 1. The van der Waals surface area contributed by atoms with Crippen LogP contribution in [0.1, 0.15) is 29.5 Å². The Hall–Kier alpha value is -2.54. The Kier molecular flexibility index (Phi) is 5.41. The fourth-order valence-corrected chi connectivity index (χ4v) is 4.02. The molecule has 7 heteroatoms. The molecular weight excluding hydrogens is 364 g/mol. The van der Waals surface area contributed by atoms with Gasteiger partial charge in [-0.2, -0.15) is 0 Å². The highest BCUT2D eigenvalue weighted by Crippen LogP contribution is 2.29. The van der Waals surface area contributed by atoms with Gasteiger partial charge in [0, 0.05) is 11.7 Å². The van der Waals surface area contributed by atoms with Crippen molar-refractivity contribution < 1.29 is 17.9 Å². The standard InChI is InChI=1S/C20H24N2O4S/c1-13-10-18(26-3)19(11-14(13)2)27(24,25)22-17-6-4-15(5-7-17)12-20(23)21-16-8-9-16/h4-7,10-11,16,22H,8-9,12H2,1-3H3,(H,21,23). The molecule has 1 fully saturated rings. The second kappa shape index (κ2) is 7.60. The van der Waals surface area contributed by atoms with Crippen LogP contribution in [0.3, 0.4) is 0 Å². The highest BCUT2D eigenvalue weighted by atomic mass is 32.2. The third-order valence-electron chi connectivity index (χ3n) is 4.58. The normalized spacial score (nSPS) is 13.9. The van der Waals surface area contributed by atoms with E-state index in [9.17, 15) is 13.2 Å². The van der Waals surface area contributed by atoms with Gasteiger partial charge in [0.05, 0.1) is 13.5 Å². The van der Waals surface area contributed by atoms with E-state index in [0.29, 0.717) is 17.5 Å². The summed E-state index contributed by atoms with van der Waals surface area (Å²) >= 11 is 0. The Morgan fingerprint density at radius 2 is 1.74 bits per heavy atom. The molecule has 0 saturated heterocycles. The lowest BCUT2D eigenvalue weighted by atomic mass is 10.1. The molecule has 1 amide bonds. The summed E-state index contributed by atoms with van der Waals surface area (Å²) in [4.78, 5) is 12.0. The van der Waals surface area contributed by atoms with E-state index in [2.05, 4.69) is 10.0 Å². The SMILES string of the molecule is COc1cc(C)c(C)cc1S(=O)(=O)Nc1ccc(CC(=O)NC2CC2)cc1. The Labute approximate surface area is 160 Å². The molecular formula is C20H24N2O4S. The van der Waals surface area contributed by atoms with E-state index >= 15 is 0 Å². The first-order valence-electron chi connectivity index (χ1n) is 8.85. The van der Waals surface area contributed by atoms with Crippen LogP contribution in [0.25, 0.3) is 0 Å². The van der Waals surface area contributed by atoms with Gasteiger partial charge in [0.1, 0.15) is 10.6 Å². The zero-order valence-electron chi connectivity index (χ0n) is 15.7. The van der Waals surface area contributed by atoms with E-state index in [4.69, 9.17) is 4.74 Å². The number of ether oxygens (including phenoxy) is 1. The molecule has 0 atom stereocenters. The summed E-state index contributed by atoms with van der Waals surface area (Å²) in [6, 6.07) is 10.5. The highest BCUT2D eigenvalue weighted by Gasteiger charge is 2.23. The smallest absolute Gasteiger partial charge is 0.265 e. The number of amides is 1. The predicted molar refractivity (Wildman–Crippen MR) is 105 cm³/mol. The molecule has 2 N–H and O–H groups in total. The number of aryl methyl sites for hydroxylation is 2. The Morgan fingerprint density at radius 3 is 2.33 bits per heavy atom. The molecule has 0 aromatic heterocycles. The third-order valence-corrected chi connectivity index (χ3v) is 5.99. The Bertz CT molecular complexity index is 949. The van der Waals surface area contributed by atoms with Gasteiger partial charge in [0.15, 0.2) is 0 Å². The average Bonchev–Trinajstić information content (AvgIpc) is 3.42. The van der Waals surface area contributed by atoms with E-state index in [-0.39, 0.29) is 17.2 Å². The first-order valence-corrected chi connectivity index (χ1v) is 10.3. The van der Waals surface area contributed by atoms with Crippen molar-refractivity contribution in [2.75, 3.05) is 11.8 Å². The molecule has 27 heavy (non-hydrogen) atoms. The lowest BCUT2D eigenvalue weighted by Gasteiger charge is -2.14. The van der Waals surface area contributed by atoms with Gasteiger partial charge < -0.3 is 10.1 Å². The highest BCUT2D eigenvalue weighted by molar-refractivity contribution is 7.92. The van der Waals surface area contributed by atoms with Crippen LogP contribution in [-0.2, 0) is 21.2 Å². The molecule has 0 aliphatic heterocycles. The maximum absolute atomic E-state index is 12.8. The van der Waals surface area contributed by atoms with Gasteiger partial charge in [-0.25, -0.2) is 8.42 Å². The number of benzene rings is 2. The van der Waals surface area contributed by atoms with Crippen LogP contribution in [0.5, 0.6) is 5.75 Å². The second-order valence-corrected chi connectivity index (χ2v) is 8.56. The zero-order valence-corrected chi connectivity index (χ0v) is 16.5. The number of nitrogens with one attached hydrogen (secondary N) is 2. The topological polar surface area (TPSA) is 84.5 Å². The lowest BCUT2D eigenvalue weighted by molar-refractivity contribution is -0.120. The number of carbonyl (C=O) groups excluding carboxylic acids is 1. The third kappa shape index (κ3) is 4.80. The van der Waals surface area contributed by atoms with Crippen molar-refractivity contribution in [3.05, 3.63) is 53.1 Å². The quantitative estimate of drug-likeness (QED) is 0.764. The number of anilines is 1. The molecule has 6 nitrogen and oxygen atoms in total. The van der Waals surface area contributed by atoms with Crippen molar-refractivity contribution in [2.24, 2.45) is 0 Å².